The van der Waals surface area contributed by atoms with Gasteiger partial charge in [0.05, 0.1) is 0 Å². The molecular formula is C12H24N8. The monoisotopic (exact) mass is 280 g/mol. The van der Waals surface area contributed by atoms with Gasteiger partial charge in [0.1, 0.15) is 0 Å². The van der Waals surface area contributed by atoms with Gasteiger partial charge < -0.3 is 14.7 Å². The molecule has 0 aliphatic carbocycles. The maximum atomic E-state index is 5.44. The van der Waals surface area contributed by atoms with Crippen molar-refractivity contribution in [2.24, 2.45) is 5.84 Å². The maximum Gasteiger partial charge on any atom is 0.243 e. The van der Waals surface area contributed by atoms with Gasteiger partial charge in [0, 0.05) is 27.2 Å². The van der Waals surface area contributed by atoms with Crippen molar-refractivity contribution < 1.29 is 0 Å². The topological polar surface area (TPSA) is 86.4 Å². The summed E-state index contributed by atoms with van der Waals surface area (Å²) in [7, 11) is 7.98. The van der Waals surface area contributed by atoms with Crippen molar-refractivity contribution >= 4 is 17.8 Å². The van der Waals surface area contributed by atoms with Crippen molar-refractivity contribution in [3.8, 4) is 0 Å². The maximum absolute atomic E-state index is 5.44. The third-order valence-corrected chi connectivity index (χ3v) is 3.69. The van der Waals surface area contributed by atoms with Crippen LogP contribution in [0.4, 0.5) is 17.8 Å². The number of rotatable bonds is 4. The third kappa shape index (κ3) is 3.26. The quantitative estimate of drug-likeness (QED) is 0.577. The number of likely N-dealkylation sites (tertiary alicyclic amines) is 1. The Balaban J connectivity index is 2.20. The molecule has 2 heterocycles. The zero-order chi connectivity index (χ0) is 14.7. The van der Waals surface area contributed by atoms with Crippen LogP contribution in [-0.2, 0) is 0 Å². The van der Waals surface area contributed by atoms with E-state index in [1.165, 1.54) is 0 Å². The Morgan fingerprint density at radius 1 is 1.10 bits per heavy atom. The summed E-state index contributed by atoms with van der Waals surface area (Å²) < 4.78 is 0. The van der Waals surface area contributed by atoms with Gasteiger partial charge in [-0.3, -0.25) is 5.43 Å². The fourth-order valence-corrected chi connectivity index (χ4v) is 2.32. The van der Waals surface area contributed by atoms with Crippen LogP contribution in [0.3, 0.4) is 0 Å². The van der Waals surface area contributed by atoms with Gasteiger partial charge in [0.2, 0.25) is 17.8 Å². The Labute approximate surface area is 120 Å². The number of nitrogens with two attached hydrogens (primary N) is 1. The summed E-state index contributed by atoms with van der Waals surface area (Å²) in [5.74, 6) is 7.08. The molecule has 20 heavy (non-hydrogen) atoms. The lowest BCUT2D eigenvalue weighted by atomic mass is 10.0. The summed E-state index contributed by atoms with van der Waals surface area (Å²) in [4.78, 5) is 19.4. The second-order valence-electron chi connectivity index (χ2n) is 5.44. The van der Waals surface area contributed by atoms with Crippen LogP contribution in [0.1, 0.15) is 12.8 Å². The number of aromatic nitrogens is 3. The minimum absolute atomic E-state index is 0.387. The Kier molecular flexibility index (Phi) is 4.56. The molecule has 8 nitrogen and oxygen atoms in total. The molecule has 2 rings (SSSR count). The van der Waals surface area contributed by atoms with Crippen LogP contribution in [-0.4, -0.2) is 67.2 Å². The smallest absolute Gasteiger partial charge is 0.243 e. The summed E-state index contributed by atoms with van der Waals surface area (Å²) in [5, 5.41) is 0. The van der Waals surface area contributed by atoms with E-state index in [0.717, 1.165) is 25.9 Å². The Hall–Kier alpha value is -1.67. The van der Waals surface area contributed by atoms with Gasteiger partial charge in [0.15, 0.2) is 0 Å². The van der Waals surface area contributed by atoms with E-state index in [-0.39, 0.29) is 0 Å². The van der Waals surface area contributed by atoms with Crippen LogP contribution in [0.2, 0.25) is 0 Å². The fraction of sp³-hybridized carbons (Fsp3) is 0.750. The highest BCUT2D eigenvalue weighted by Gasteiger charge is 2.23. The highest BCUT2D eigenvalue weighted by atomic mass is 15.4. The standard InChI is InChI=1S/C12H24N8/c1-18(2)11-14-10(17-13)15-12(16-11)20(4)9-5-7-19(3)8-6-9/h9H,5-8,13H2,1-4H3,(H,14,15,16,17). The average molecular weight is 280 g/mol. The average Bonchev–Trinajstić information content (AvgIpc) is 2.46. The lowest BCUT2D eigenvalue weighted by molar-refractivity contribution is 0.252. The van der Waals surface area contributed by atoms with Crippen LogP contribution in [0.15, 0.2) is 0 Å². The highest BCUT2D eigenvalue weighted by molar-refractivity contribution is 5.44. The minimum Gasteiger partial charge on any atom is -0.347 e. The molecular weight excluding hydrogens is 256 g/mol. The summed E-state index contributed by atoms with van der Waals surface area (Å²) in [6, 6.07) is 0.453. The van der Waals surface area contributed by atoms with E-state index in [1.807, 2.05) is 26.0 Å². The molecule has 8 heteroatoms. The zero-order valence-electron chi connectivity index (χ0n) is 12.7. The van der Waals surface area contributed by atoms with Crippen LogP contribution >= 0.6 is 0 Å². The summed E-state index contributed by atoms with van der Waals surface area (Å²) in [5.41, 5.74) is 2.50. The molecule has 112 valence electrons. The Morgan fingerprint density at radius 3 is 2.25 bits per heavy atom. The molecule has 0 spiro atoms. The number of nitrogen functional groups attached to an aromatic ring is 1. The van der Waals surface area contributed by atoms with Crippen molar-refractivity contribution in [1.29, 1.82) is 0 Å². The van der Waals surface area contributed by atoms with Crippen molar-refractivity contribution in [3.05, 3.63) is 0 Å². The van der Waals surface area contributed by atoms with Crippen LogP contribution in [0, 0.1) is 0 Å². The molecule has 0 saturated carbocycles. The van der Waals surface area contributed by atoms with Gasteiger partial charge in [0.25, 0.3) is 0 Å². The number of hydrogen-bond acceptors (Lipinski definition) is 8. The first-order valence-corrected chi connectivity index (χ1v) is 6.82. The van der Waals surface area contributed by atoms with Crippen LogP contribution in [0.25, 0.3) is 0 Å². The SMILES string of the molecule is CN1CCC(N(C)c2nc(NN)nc(N(C)C)n2)CC1. The molecule has 1 fully saturated rings. The van der Waals surface area contributed by atoms with E-state index in [9.17, 15) is 0 Å². The molecule has 1 aromatic heterocycles. The van der Waals surface area contributed by atoms with E-state index >= 15 is 0 Å². The zero-order valence-corrected chi connectivity index (χ0v) is 12.7. The van der Waals surface area contributed by atoms with Gasteiger partial charge in [-0.25, -0.2) is 5.84 Å². The van der Waals surface area contributed by atoms with E-state index in [0.29, 0.717) is 23.9 Å². The normalized spacial score (nSPS) is 17.1. The van der Waals surface area contributed by atoms with E-state index in [1.54, 1.807) is 0 Å². The first-order valence-electron chi connectivity index (χ1n) is 6.82. The number of piperidine rings is 1. The van der Waals surface area contributed by atoms with Gasteiger partial charge in [-0.2, -0.15) is 15.0 Å². The molecule has 0 bridgehead atoms. The molecule has 1 aliphatic heterocycles. The van der Waals surface area contributed by atoms with Gasteiger partial charge in [-0.15, -0.1) is 0 Å². The first-order chi connectivity index (χ1) is 9.51. The van der Waals surface area contributed by atoms with Gasteiger partial charge >= 0.3 is 0 Å². The van der Waals surface area contributed by atoms with E-state index in [2.05, 4.69) is 37.2 Å². The molecule has 0 unspecified atom stereocenters. The fourth-order valence-electron chi connectivity index (χ4n) is 2.32. The van der Waals surface area contributed by atoms with E-state index < -0.39 is 0 Å². The largest absolute Gasteiger partial charge is 0.347 e. The van der Waals surface area contributed by atoms with Crippen molar-refractivity contribution in [3.63, 3.8) is 0 Å². The lowest BCUT2D eigenvalue weighted by Gasteiger charge is -2.35. The number of hydrogen-bond donors (Lipinski definition) is 2. The molecule has 3 N–H and O–H groups in total. The Bertz CT molecular complexity index is 441. The third-order valence-electron chi connectivity index (χ3n) is 3.69. The van der Waals surface area contributed by atoms with Crippen molar-refractivity contribution in [1.82, 2.24) is 19.9 Å². The molecule has 0 radical (unpaired) electrons. The van der Waals surface area contributed by atoms with Crippen molar-refractivity contribution in [2.45, 2.75) is 18.9 Å². The van der Waals surface area contributed by atoms with Crippen LogP contribution in [0.5, 0.6) is 0 Å². The highest BCUT2D eigenvalue weighted by Crippen LogP contribution is 2.20. The lowest BCUT2D eigenvalue weighted by Crippen LogP contribution is -2.42. The Morgan fingerprint density at radius 2 is 1.70 bits per heavy atom. The second-order valence-corrected chi connectivity index (χ2v) is 5.44. The first kappa shape index (κ1) is 14.7. The number of nitrogens with zero attached hydrogens (tertiary/aromatic N) is 6. The predicted molar refractivity (Wildman–Crippen MR) is 80.9 cm³/mol. The number of anilines is 3. The summed E-state index contributed by atoms with van der Waals surface area (Å²) >= 11 is 0. The molecule has 0 aromatic carbocycles. The van der Waals surface area contributed by atoms with Gasteiger partial charge in [-0.05, 0) is 33.0 Å². The van der Waals surface area contributed by atoms with Crippen LogP contribution < -0.4 is 21.1 Å². The van der Waals surface area contributed by atoms with Crippen molar-refractivity contribution in [2.75, 3.05) is 56.5 Å². The van der Waals surface area contributed by atoms with Gasteiger partial charge in [-0.1, -0.05) is 0 Å². The molecule has 0 atom stereocenters. The molecule has 0 amide bonds. The number of nitrogens with one attached hydrogen (secondary N) is 1. The minimum atomic E-state index is 0.387. The van der Waals surface area contributed by atoms with E-state index in [4.69, 9.17) is 5.84 Å². The predicted octanol–water partition coefficient (Wildman–Crippen LogP) is -0.246. The molecule has 1 aliphatic rings. The molecule has 1 aromatic rings. The second kappa shape index (κ2) is 6.19. The number of hydrazine groups is 1. The summed E-state index contributed by atoms with van der Waals surface area (Å²) in [6.45, 7) is 2.20. The molecule has 1 saturated heterocycles. The summed E-state index contributed by atoms with van der Waals surface area (Å²) in [6.07, 6.45) is 2.22.